The molecule has 1 N–H and O–H groups in total. The van der Waals surface area contributed by atoms with Crippen LogP contribution in [0.3, 0.4) is 0 Å². The van der Waals surface area contributed by atoms with Crippen molar-refractivity contribution in [3.63, 3.8) is 0 Å². The molecule has 2 rings (SSSR count). The first-order valence-corrected chi connectivity index (χ1v) is 6.13. The first-order valence-electron chi connectivity index (χ1n) is 4.87. The number of hydrogen-bond donors (Lipinski definition) is 1. The zero-order valence-corrected chi connectivity index (χ0v) is 9.50. The lowest BCUT2D eigenvalue weighted by molar-refractivity contribution is 0.863. The molecule has 0 spiro atoms. The van der Waals surface area contributed by atoms with E-state index in [2.05, 4.69) is 16.4 Å². The Balaban J connectivity index is 1.72. The van der Waals surface area contributed by atoms with Crippen LogP contribution in [-0.4, -0.2) is 11.5 Å². The first-order chi connectivity index (χ1) is 6.84. The van der Waals surface area contributed by atoms with E-state index < -0.39 is 0 Å². The Hall–Kier alpha value is -0.540. The molecular formula is C10H13ClN2S. The topological polar surface area (TPSA) is 24.9 Å². The molecule has 0 amide bonds. The Bertz CT molecular complexity index is 333. The van der Waals surface area contributed by atoms with Gasteiger partial charge in [-0.1, -0.05) is 23.3 Å². The van der Waals surface area contributed by atoms with Crippen LogP contribution in [0.1, 0.15) is 25.7 Å². The van der Waals surface area contributed by atoms with Crippen molar-refractivity contribution in [1.29, 1.82) is 0 Å². The van der Waals surface area contributed by atoms with Gasteiger partial charge < -0.3 is 5.32 Å². The van der Waals surface area contributed by atoms with Crippen LogP contribution in [0.5, 0.6) is 0 Å². The molecule has 1 aromatic rings. The Labute approximate surface area is 93.0 Å². The van der Waals surface area contributed by atoms with E-state index in [-0.39, 0.29) is 0 Å². The molecule has 0 saturated heterocycles. The summed E-state index contributed by atoms with van der Waals surface area (Å²) in [4.78, 5) is 4.13. The van der Waals surface area contributed by atoms with Crippen LogP contribution in [0.25, 0.3) is 0 Å². The van der Waals surface area contributed by atoms with Crippen LogP contribution in [0.15, 0.2) is 17.0 Å². The van der Waals surface area contributed by atoms with Crippen molar-refractivity contribution < 1.29 is 0 Å². The summed E-state index contributed by atoms with van der Waals surface area (Å²) >= 11 is 7.27. The van der Waals surface area contributed by atoms with Gasteiger partial charge in [0.05, 0.1) is 0 Å². The Morgan fingerprint density at radius 1 is 1.57 bits per heavy atom. The van der Waals surface area contributed by atoms with E-state index in [9.17, 15) is 0 Å². The van der Waals surface area contributed by atoms with Gasteiger partial charge in [0.1, 0.15) is 5.15 Å². The fraction of sp³-hybridized carbons (Fsp3) is 0.500. The van der Waals surface area contributed by atoms with Gasteiger partial charge in [-0.25, -0.2) is 4.98 Å². The predicted octanol–water partition coefficient (Wildman–Crippen LogP) is 3.71. The van der Waals surface area contributed by atoms with Crippen molar-refractivity contribution in [3.05, 3.63) is 22.2 Å². The Morgan fingerprint density at radius 3 is 3.14 bits per heavy atom. The summed E-state index contributed by atoms with van der Waals surface area (Å²) in [7, 11) is 0. The lowest BCUT2D eigenvalue weighted by Gasteiger charge is -2.02. The van der Waals surface area contributed by atoms with Gasteiger partial charge in [0.15, 0.2) is 5.13 Å². The average molecular weight is 229 g/mol. The van der Waals surface area contributed by atoms with Crippen LogP contribution < -0.4 is 5.32 Å². The van der Waals surface area contributed by atoms with Crippen molar-refractivity contribution in [3.8, 4) is 0 Å². The van der Waals surface area contributed by atoms with E-state index in [4.69, 9.17) is 11.6 Å². The zero-order valence-electron chi connectivity index (χ0n) is 7.92. The standard InChI is InChI=1S/C10H13ClN2S/c11-9-7-14-10(13-9)12-6-5-8-3-1-2-4-8/h3,7H,1-2,4-6H2,(H,12,13). The maximum Gasteiger partial charge on any atom is 0.184 e. The summed E-state index contributed by atoms with van der Waals surface area (Å²) in [5, 5.41) is 6.63. The van der Waals surface area contributed by atoms with Crippen LogP contribution in [0, 0.1) is 0 Å². The molecule has 1 heterocycles. The monoisotopic (exact) mass is 228 g/mol. The number of anilines is 1. The van der Waals surface area contributed by atoms with Gasteiger partial charge in [0, 0.05) is 11.9 Å². The quantitative estimate of drug-likeness (QED) is 0.795. The van der Waals surface area contributed by atoms with Crippen LogP contribution >= 0.6 is 22.9 Å². The summed E-state index contributed by atoms with van der Waals surface area (Å²) in [6.07, 6.45) is 7.37. The summed E-state index contributed by atoms with van der Waals surface area (Å²) in [6.45, 7) is 0.968. The highest BCUT2D eigenvalue weighted by atomic mass is 35.5. The molecule has 0 aliphatic heterocycles. The highest BCUT2D eigenvalue weighted by Crippen LogP contribution is 2.22. The largest absolute Gasteiger partial charge is 0.361 e. The second-order valence-electron chi connectivity index (χ2n) is 3.41. The summed E-state index contributed by atoms with van der Waals surface area (Å²) in [5.74, 6) is 0. The molecule has 0 aromatic carbocycles. The zero-order chi connectivity index (χ0) is 9.80. The summed E-state index contributed by atoms with van der Waals surface area (Å²) < 4.78 is 0. The fourth-order valence-electron chi connectivity index (χ4n) is 1.63. The highest BCUT2D eigenvalue weighted by molar-refractivity contribution is 7.14. The highest BCUT2D eigenvalue weighted by Gasteiger charge is 2.04. The van der Waals surface area contributed by atoms with E-state index in [1.54, 1.807) is 16.9 Å². The second kappa shape index (κ2) is 4.80. The minimum absolute atomic E-state index is 0.581. The molecule has 0 fully saturated rings. The smallest absolute Gasteiger partial charge is 0.184 e. The number of rotatable bonds is 4. The molecule has 4 heteroatoms. The third kappa shape index (κ3) is 2.72. The van der Waals surface area contributed by atoms with Gasteiger partial charge in [-0.3, -0.25) is 0 Å². The molecule has 0 bridgehead atoms. The van der Waals surface area contributed by atoms with Crippen LogP contribution in [0.4, 0.5) is 5.13 Å². The van der Waals surface area contributed by atoms with Crippen molar-refractivity contribution in [1.82, 2.24) is 4.98 Å². The maximum atomic E-state index is 5.71. The van der Waals surface area contributed by atoms with Crippen molar-refractivity contribution in [2.75, 3.05) is 11.9 Å². The van der Waals surface area contributed by atoms with Gasteiger partial charge in [-0.15, -0.1) is 11.3 Å². The van der Waals surface area contributed by atoms with Crippen molar-refractivity contribution >= 4 is 28.1 Å². The maximum absolute atomic E-state index is 5.71. The van der Waals surface area contributed by atoms with Gasteiger partial charge in [0.2, 0.25) is 0 Å². The van der Waals surface area contributed by atoms with Gasteiger partial charge in [-0.2, -0.15) is 0 Å². The van der Waals surface area contributed by atoms with Crippen LogP contribution in [-0.2, 0) is 0 Å². The minimum Gasteiger partial charge on any atom is -0.361 e. The molecule has 0 radical (unpaired) electrons. The second-order valence-corrected chi connectivity index (χ2v) is 4.65. The summed E-state index contributed by atoms with van der Waals surface area (Å²) in [5.41, 5.74) is 1.58. The van der Waals surface area contributed by atoms with Gasteiger partial charge in [0.25, 0.3) is 0 Å². The molecule has 2 nitrogen and oxygen atoms in total. The van der Waals surface area contributed by atoms with Crippen molar-refractivity contribution in [2.24, 2.45) is 0 Å². The number of nitrogens with one attached hydrogen (secondary N) is 1. The molecule has 1 aromatic heterocycles. The third-order valence-electron chi connectivity index (χ3n) is 2.33. The van der Waals surface area contributed by atoms with Gasteiger partial charge >= 0.3 is 0 Å². The van der Waals surface area contributed by atoms with E-state index in [1.807, 2.05) is 5.38 Å². The SMILES string of the molecule is Clc1csc(NCCC2=CCCC2)n1. The first kappa shape index (κ1) is 9.99. The minimum atomic E-state index is 0.581. The average Bonchev–Trinajstić information content (AvgIpc) is 2.77. The lowest BCUT2D eigenvalue weighted by Crippen LogP contribution is -2.01. The molecule has 1 aliphatic rings. The van der Waals surface area contributed by atoms with Crippen molar-refractivity contribution in [2.45, 2.75) is 25.7 Å². The normalized spacial score (nSPS) is 15.6. The number of allylic oxidation sites excluding steroid dienone is 1. The molecule has 1 aliphatic carbocycles. The Kier molecular flexibility index (Phi) is 3.43. The molecule has 0 unspecified atom stereocenters. The molecule has 14 heavy (non-hydrogen) atoms. The van der Waals surface area contributed by atoms with E-state index in [1.165, 1.54) is 19.3 Å². The van der Waals surface area contributed by atoms with E-state index in [0.717, 1.165) is 18.1 Å². The third-order valence-corrected chi connectivity index (χ3v) is 3.46. The predicted molar refractivity (Wildman–Crippen MR) is 62.2 cm³/mol. The number of hydrogen-bond acceptors (Lipinski definition) is 3. The van der Waals surface area contributed by atoms with E-state index in [0.29, 0.717) is 5.15 Å². The molecule has 76 valence electrons. The number of halogens is 1. The van der Waals surface area contributed by atoms with Crippen LogP contribution in [0.2, 0.25) is 5.15 Å². The number of aromatic nitrogens is 1. The molecular weight excluding hydrogens is 216 g/mol. The lowest BCUT2D eigenvalue weighted by atomic mass is 10.2. The number of nitrogens with zero attached hydrogens (tertiary/aromatic N) is 1. The fourth-order valence-corrected chi connectivity index (χ4v) is 2.50. The Morgan fingerprint density at radius 2 is 2.50 bits per heavy atom. The van der Waals surface area contributed by atoms with E-state index >= 15 is 0 Å². The molecule has 0 saturated carbocycles. The summed E-state index contributed by atoms with van der Waals surface area (Å²) in [6, 6.07) is 0. The number of thiazole rings is 1. The van der Waals surface area contributed by atoms with Gasteiger partial charge in [-0.05, 0) is 25.7 Å². The molecule has 0 atom stereocenters.